The number of hydrogen-bond donors (Lipinski definition) is 0. The second-order valence-electron chi connectivity index (χ2n) is 12.4. The minimum atomic E-state index is -0.0544. The minimum absolute atomic E-state index is 0.0544. The van der Waals surface area contributed by atoms with Crippen molar-refractivity contribution in [1.82, 2.24) is 9.80 Å². The number of hydrogen-bond acceptors (Lipinski definition) is 5. The van der Waals surface area contributed by atoms with Crippen molar-refractivity contribution < 1.29 is 14.3 Å². The third-order valence-corrected chi connectivity index (χ3v) is 11.9. The molecule has 5 rings (SSSR count). The van der Waals surface area contributed by atoms with E-state index in [4.69, 9.17) is 4.74 Å². The van der Waals surface area contributed by atoms with E-state index in [0.29, 0.717) is 36.1 Å². The molecular formula is C39H45BrN2O3S2. The fraction of sp³-hybridized carbons (Fsp3) is 0.436. The van der Waals surface area contributed by atoms with E-state index >= 15 is 0 Å². The Bertz CT molecular complexity index is 1700. The summed E-state index contributed by atoms with van der Waals surface area (Å²) < 4.78 is 6.26. The molecule has 8 heteroatoms. The number of halogens is 1. The summed E-state index contributed by atoms with van der Waals surface area (Å²) in [6.07, 6.45) is 8.58. The van der Waals surface area contributed by atoms with E-state index in [0.717, 1.165) is 92.5 Å². The van der Waals surface area contributed by atoms with Crippen molar-refractivity contribution in [1.29, 1.82) is 0 Å². The van der Waals surface area contributed by atoms with Crippen LogP contribution in [0.25, 0.3) is 11.4 Å². The number of benzene rings is 1. The number of carbonyl (C=O) groups is 2. The van der Waals surface area contributed by atoms with Crippen molar-refractivity contribution in [3.8, 4) is 17.6 Å². The normalized spacial score (nSPS) is 15.8. The van der Waals surface area contributed by atoms with Crippen LogP contribution in [-0.4, -0.2) is 41.8 Å². The molecule has 2 aliphatic rings. The molecule has 0 bridgehead atoms. The lowest BCUT2D eigenvalue weighted by atomic mass is 9.98. The first-order chi connectivity index (χ1) is 22.8. The number of carbonyl (C=O) groups excluding carboxylic acids is 2. The lowest BCUT2D eigenvalue weighted by Crippen LogP contribution is -2.34. The van der Waals surface area contributed by atoms with Gasteiger partial charge in [0, 0.05) is 18.7 Å². The van der Waals surface area contributed by atoms with E-state index in [9.17, 15) is 9.59 Å². The van der Waals surface area contributed by atoms with E-state index in [1.807, 2.05) is 58.3 Å². The maximum atomic E-state index is 14.7. The van der Waals surface area contributed by atoms with Crippen molar-refractivity contribution in [3.05, 3.63) is 83.7 Å². The summed E-state index contributed by atoms with van der Waals surface area (Å²) in [4.78, 5) is 36.0. The van der Waals surface area contributed by atoms with Gasteiger partial charge in [0.25, 0.3) is 11.8 Å². The van der Waals surface area contributed by atoms with Gasteiger partial charge in [-0.05, 0) is 89.1 Å². The number of unbranched alkanes of at least 4 members (excludes halogenated alkanes) is 2. The van der Waals surface area contributed by atoms with Gasteiger partial charge in [0.1, 0.15) is 5.75 Å². The van der Waals surface area contributed by atoms with Gasteiger partial charge in [0.2, 0.25) is 0 Å². The highest BCUT2D eigenvalue weighted by molar-refractivity contribution is 9.11. The van der Waals surface area contributed by atoms with Crippen LogP contribution in [-0.2, 0) is 9.59 Å². The highest BCUT2D eigenvalue weighted by Gasteiger charge is 2.50. The Kier molecular flexibility index (Phi) is 12.2. The number of nitrogens with zero attached hydrogens (tertiary/aromatic N) is 2. The molecule has 0 radical (unpaired) electrons. The smallest absolute Gasteiger partial charge is 0.261 e. The molecule has 3 aromatic rings. The summed E-state index contributed by atoms with van der Waals surface area (Å²) in [7, 11) is 1.65. The first kappa shape index (κ1) is 35.2. The van der Waals surface area contributed by atoms with Crippen molar-refractivity contribution in [2.45, 2.75) is 79.1 Å². The highest BCUT2D eigenvalue weighted by atomic mass is 79.9. The average Bonchev–Trinajstić information content (AvgIpc) is 3.86. The summed E-state index contributed by atoms with van der Waals surface area (Å²) in [5, 5.41) is 0. The SMILES string of the molecule is CCCCC(CC)CN1C(=O)C2=C(c3ccc(C#Cc4ccc(OC)cc4)s3)N(CC(CC)CCCC)C(=O)C2=C1c1ccc(Br)s1. The van der Waals surface area contributed by atoms with Gasteiger partial charge in [-0.25, -0.2) is 0 Å². The van der Waals surface area contributed by atoms with Crippen molar-refractivity contribution >= 4 is 61.8 Å². The van der Waals surface area contributed by atoms with Gasteiger partial charge in [0.15, 0.2) is 0 Å². The fourth-order valence-electron chi connectivity index (χ4n) is 6.39. The summed E-state index contributed by atoms with van der Waals surface area (Å²) in [5.74, 6) is 7.97. The summed E-state index contributed by atoms with van der Waals surface area (Å²) >= 11 is 6.77. The Morgan fingerprint density at radius 1 is 0.723 bits per heavy atom. The van der Waals surface area contributed by atoms with Crippen molar-refractivity contribution in [2.75, 3.05) is 20.2 Å². The first-order valence-electron chi connectivity index (χ1n) is 17.0. The number of ether oxygens (including phenoxy) is 1. The Balaban J connectivity index is 1.61. The molecule has 0 saturated heterocycles. The van der Waals surface area contributed by atoms with Crippen LogP contribution in [0, 0.1) is 23.7 Å². The van der Waals surface area contributed by atoms with Crippen LogP contribution in [0.1, 0.15) is 99.3 Å². The molecule has 0 aliphatic carbocycles. The van der Waals surface area contributed by atoms with Crippen LogP contribution in [0.3, 0.4) is 0 Å². The molecule has 2 unspecified atom stereocenters. The van der Waals surface area contributed by atoms with Crippen LogP contribution < -0.4 is 4.74 Å². The first-order valence-corrected chi connectivity index (χ1v) is 19.4. The van der Waals surface area contributed by atoms with E-state index in [2.05, 4.69) is 55.5 Å². The lowest BCUT2D eigenvalue weighted by molar-refractivity contribution is -0.124. The van der Waals surface area contributed by atoms with Crippen LogP contribution in [0.2, 0.25) is 0 Å². The zero-order chi connectivity index (χ0) is 33.5. The number of thiophene rings is 2. The predicted octanol–water partition coefficient (Wildman–Crippen LogP) is 10.2. The zero-order valence-electron chi connectivity index (χ0n) is 28.2. The van der Waals surface area contributed by atoms with Gasteiger partial charge in [0.05, 0.1) is 48.1 Å². The largest absolute Gasteiger partial charge is 0.497 e. The van der Waals surface area contributed by atoms with E-state index in [-0.39, 0.29) is 11.8 Å². The standard InChI is InChI=1S/C39H45BrN2O3S2/c1-6-10-12-26(8-3)24-41-36(31-21-20-30(46-31)19-16-28-14-17-29(45-5)18-15-28)34-35(39(41)44)37(32-22-23-33(40)47-32)42(38(34)43)25-27(9-4)13-11-7-2/h14-15,17-18,20-23,26-27H,6-13,24-25H2,1-5H3. The summed E-state index contributed by atoms with van der Waals surface area (Å²) in [6, 6.07) is 15.8. The van der Waals surface area contributed by atoms with E-state index in [1.54, 1.807) is 29.8 Å². The topological polar surface area (TPSA) is 49.9 Å². The molecule has 2 amide bonds. The Labute approximate surface area is 296 Å². The van der Waals surface area contributed by atoms with Gasteiger partial charge < -0.3 is 14.5 Å². The number of rotatable bonds is 15. The fourth-order valence-corrected chi connectivity index (χ4v) is 8.76. The minimum Gasteiger partial charge on any atom is -0.497 e. The third kappa shape index (κ3) is 7.80. The van der Waals surface area contributed by atoms with Gasteiger partial charge in [-0.1, -0.05) is 78.1 Å². The molecule has 0 N–H and O–H groups in total. The molecular weight excluding hydrogens is 688 g/mol. The number of methoxy groups -OCH3 is 1. The molecule has 2 aromatic heterocycles. The van der Waals surface area contributed by atoms with Gasteiger partial charge >= 0.3 is 0 Å². The van der Waals surface area contributed by atoms with Crippen molar-refractivity contribution in [2.24, 2.45) is 11.8 Å². The van der Waals surface area contributed by atoms with Gasteiger partial charge in [-0.15, -0.1) is 22.7 Å². The molecule has 4 heterocycles. The zero-order valence-corrected chi connectivity index (χ0v) is 31.4. The summed E-state index contributed by atoms with van der Waals surface area (Å²) in [6.45, 7) is 10.0. The second-order valence-corrected chi connectivity index (χ2v) is 15.9. The van der Waals surface area contributed by atoms with Crippen LogP contribution >= 0.6 is 38.6 Å². The Morgan fingerprint density at radius 2 is 1.26 bits per heavy atom. The second kappa shape index (κ2) is 16.3. The Hall–Kier alpha value is -3.12. The maximum absolute atomic E-state index is 14.7. The number of amides is 2. The molecule has 0 fully saturated rings. The summed E-state index contributed by atoms with van der Waals surface area (Å²) in [5.41, 5.74) is 3.55. The highest BCUT2D eigenvalue weighted by Crippen LogP contribution is 2.49. The molecule has 2 atom stereocenters. The molecule has 5 nitrogen and oxygen atoms in total. The number of fused-ring (bicyclic) bond motifs is 1. The van der Waals surface area contributed by atoms with Gasteiger partial charge in [-0.3, -0.25) is 9.59 Å². The molecule has 248 valence electrons. The molecule has 0 spiro atoms. The third-order valence-electron chi connectivity index (χ3n) is 9.22. The van der Waals surface area contributed by atoms with Crippen LogP contribution in [0.15, 0.2) is 63.5 Å². The molecule has 0 saturated carbocycles. The van der Waals surface area contributed by atoms with E-state index < -0.39 is 0 Å². The quantitative estimate of drug-likeness (QED) is 0.146. The maximum Gasteiger partial charge on any atom is 0.261 e. The molecule has 47 heavy (non-hydrogen) atoms. The van der Waals surface area contributed by atoms with E-state index in [1.165, 1.54) is 0 Å². The van der Waals surface area contributed by atoms with Crippen LogP contribution in [0.4, 0.5) is 0 Å². The average molecular weight is 734 g/mol. The molecule has 2 aliphatic heterocycles. The lowest BCUT2D eigenvalue weighted by Gasteiger charge is -2.29. The van der Waals surface area contributed by atoms with Gasteiger partial charge in [-0.2, -0.15) is 0 Å². The molecule has 1 aromatic carbocycles. The van der Waals surface area contributed by atoms with Crippen molar-refractivity contribution in [3.63, 3.8) is 0 Å². The van der Waals surface area contributed by atoms with Crippen LogP contribution in [0.5, 0.6) is 5.75 Å². The Morgan fingerprint density at radius 3 is 1.72 bits per heavy atom. The monoisotopic (exact) mass is 732 g/mol. The predicted molar refractivity (Wildman–Crippen MR) is 199 cm³/mol.